The van der Waals surface area contributed by atoms with E-state index < -0.39 is 15.4 Å². The summed E-state index contributed by atoms with van der Waals surface area (Å²) in [6.07, 6.45) is 1.33. The Kier molecular flexibility index (Phi) is 5.88. The SMILES string of the molecule is C[C@]1(NC(=O)CSc2nc3ccccc3n2CCc2ccccc2)CCS(=O)(=O)C1. The maximum atomic E-state index is 12.5. The number of nitrogens with one attached hydrogen (secondary N) is 1. The summed E-state index contributed by atoms with van der Waals surface area (Å²) in [6.45, 7) is 2.57. The van der Waals surface area contributed by atoms with Crippen molar-refractivity contribution in [2.45, 2.75) is 37.0 Å². The lowest BCUT2D eigenvalue weighted by Gasteiger charge is -2.23. The molecule has 1 saturated heterocycles. The normalized spacial score (nSPS) is 20.4. The molecule has 30 heavy (non-hydrogen) atoms. The minimum atomic E-state index is -3.06. The van der Waals surface area contributed by atoms with Crippen molar-refractivity contribution in [3.8, 4) is 0 Å². The van der Waals surface area contributed by atoms with Gasteiger partial charge in [-0.3, -0.25) is 4.79 Å². The van der Waals surface area contributed by atoms with Gasteiger partial charge in [-0.05, 0) is 37.5 Å². The molecular formula is C22H25N3O3S2. The van der Waals surface area contributed by atoms with Gasteiger partial charge < -0.3 is 9.88 Å². The van der Waals surface area contributed by atoms with E-state index in [4.69, 9.17) is 4.98 Å². The fraction of sp³-hybridized carbons (Fsp3) is 0.364. The van der Waals surface area contributed by atoms with Crippen LogP contribution in [0.2, 0.25) is 0 Å². The highest BCUT2D eigenvalue weighted by Crippen LogP contribution is 2.26. The monoisotopic (exact) mass is 443 g/mol. The van der Waals surface area contributed by atoms with Crippen LogP contribution in [0.15, 0.2) is 59.8 Å². The Hall–Kier alpha value is -2.32. The van der Waals surface area contributed by atoms with Crippen LogP contribution in [0.1, 0.15) is 18.9 Å². The number of nitrogens with zero attached hydrogens (tertiary/aromatic N) is 2. The molecule has 0 radical (unpaired) electrons. The Labute approximate surface area is 181 Å². The Morgan fingerprint density at radius 3 is 2.63 bits per heavy atom. The van der Waals surface area contributed by atoms with Crippen LogP contribution in [0.4, 0.5) is 0 Å². The molecule has 0 spiro atoms. The Morgan fingerprint density at radius 1 is 1.17 bits per heavy atom. The van der Waals surface area contributed by atoms with E-state index in [2.05, 4.69) is 22.0 Å². The fourth-order valence-corrected chi connectivity index (χ4v) is 6.81. The van der Waals surface area contributed by atoms with Crippen LogP contribution in [0, 0.1) is 0 Å². The summed E-state index contributed by atoms with van der Waals surface area (Å²) < 4.78 is 25.7. The van der Waals surface area contributed by atoms with Gasteiger partial charge >= 0.3 is 0 Å². The summed E-state index contributed by atoms with van der Waals surface area (Å²) in [5, 5.41) is 3.71. The van der Waals surface area contributed by atoms with Crippen LogP contribution in [0.25, 0.3) is 11.0 Å². The van der Waals surface area contributed by atoms with Crippen LogP contribution in [0.3, 0.4) is 0 Å². The van der Waals surface area contributed by atoms with Crippen molar-refractivity contribution < 1.29 is 13.2 Å². The third kappa shape index (κ3) is 4.87. The molecule has 0 unspecified atom stereocenters. The predicted octanol–water partition coefficient (Wildman–Crippen LogP) is 3.06. The number of fused-ring (bicyclic) bond motifs is 1. The van der Waals surface area contributed by atoms with Gasteiger partial charge in [-0.25, -0.2) is 13.4 Å². The van der Waals surface area contributed by atoms with Crippen LogP contribution >= 0.6 is 11.8 Å². The van der Waals surface area contributed by atoms with Crippen molar-refractivity contribution in [2.24, 2.45) is 0 Å². The molecule has 1 aliphatic heterocycles. The van der Waals surface area contributed by atoms with Crippen molar-refractivity contribution in [1.82, 2.24) is 14.9 Å². The molecule has 0 aliphatic carbocycles. The lowest BCUT2D eigenvalue weighted by molar-refractivity contribution is -0.120. The van der Waals surface area contributed by atoms with Gasteiger partial charge in [0.05, 0.1) is 33.8 Å². The average molecular weight is 444 g/mol. The van der Waals surface area contributed by atoms with Gasteiger partial charge in [0.15, 0.2) is 15.0 Å². The zero-order valence-electron chi connectivity index (χ0n) is 16.9. The summed E-state index contributed by atoms with van der Waals surface area (Å²) >= 11 is 1.39. The summed E-state index contributed by atoms with van der Waals surface area (Å²) in [4.78, 5) is 17.2. The fourth-order valence-electron chi connectivity index (χ4n) is 3.88. The van der Waals surface area contributed by atoms with Crippen LogP contribution in [-0.2, 0) is 27.6 Å². The molecule has 4 rings (SSSR count). The molecule has 1 aromatic heterocycles. The third-order valence-corrected chi connectivity index (χ3v) is 8.24. The number of carbonyl (C=O) groups excluding carboxylic acids is 1. The molecule has 2 aromatic carbocycles. The predicted molar refractivity (Wildman–Crippen MR) is 120 cm³/mol. The van der Waals surface area contributed by atoms with Gasteiger partial charge in [0.2, 0.25) is 5.91 Å². The first-order chi connectivity index (χ1) is 14.3. The summed E-state index contributed by atoms with van der Waals surface area (Å²) in [5.41, 5.74) is 2.52. The van der Waals surface area contributed by atoms with E-state index in [0.29, 0.717) is 6.42 Å². The number of hydrogen-bond acceptors (Lipinski definition) is 5. The molecule has 0 saturated carbocycles. The summed E-state index contributed by atoms with van der Waals surface area (Å²) in [6, 6.07) is 18.3. The van der Waals surface area contributed by atoms with Crippen molar-refractivity contribution in [3.63, 3.8) is 0 Å². The molecule has 3 aromatic rings. The van der Waals surface area contributed by atoms with Gasteiger partial charge in [0.1, 0.15) is 0 Å². The number of aromatic nitrogens is 2. The zero-order valence-corrected chi connectivity index (χ0v) is 18.5. The van der Waals surface area contributed by atoms with Crippen molar-refractivity contribution >= 4 is 38.5 Å². The molecule has 1 fully saturated rings. The first-order valence-corrected chi connectivity index (χ1v) is 12.8. The third-order valence-electron chi connectivity index (χ3n) is 5.36. The molecule has 1 atom stereocenters. The Morgan fingerprint density at radius 2 is 1.90 bits per heavy atom. The molecule has 1 aliphatic rings. The number of benzene rings is 2. The van der Waals surface area contributed by atoms with Gasteiger partial charge in [-0.1, -0.05) is 54.2 Å². The van der Waals surface area contributed by atoms with E-state index in [9.17, 15) is 13.2 Å². The zero-order chi connectivity index (χ0) is 21.2. The van der Waals surface area contributed by atoms with E-state index >= 15 is 0 Å². The van der Waals surface area contributed by atoms with Gasteiger partial charge in [0.25, 0.3) is 0 Å². The molecule has 1 amide bonds. The van der Waals surface area contributed by atoms with Crippen molar-refractivity contribution in [1.29, 1.82) is 0 Å². The first kappa shape index (κ1) is 20.9. The molecule has 1 N–H and O–H groups in total. The van der Waals surface area contributed by atoms with E-state index in [1.54, 1.807) is 6.92 Å². The quantitative estimate of drug-likeness (QED) is 0.568. The van der Waals surface area contributed by atoms with Gasteiger partial charge in [-0.15, -0.1) is 0 Å². The van der Waals surface area contributed by atoms with E-state index in [1.165, 1.54) is 17.3 Å². The van der Waals surface area contributed by atoms with E-state index in [0.717, 1.165) is 29.2 Å². The van der Waals surface area contributed by atoms with Crippen molar-refractivity contribution in [3.05, 3.63) is 60.2 Å². The second-order valence-corrected chi connectivity index (χ2v) is 11.1. The molecule has 6 nitrogen and oxygen atoms in total. The molecule has 0 bridgehead atoms. The topological polar surface area (TPSA) is 81.1 Å². The highest BCUT2D eigenvalue weighted by molar-refractivity contribution is 7.99. The lowest BCUT2D eigenvalue weighted by Crippen LogP contribution is -2.47. The largest absolute Gasteiger partial charge is 0.349 e. The van der Waals surface area contributed by atoms with E-state index in [-0.39, 0.29) is 23.2 Å². The number of sulfone groups is 1. The van der Waals surface area contributed by atoms with E-state index in [1.807, 2.05) is 42.5 Å². The smallest absolute Gasteiger partial charge is 0.230 e. The lowest BCUT2D eigenvalue weighted by atomic mass is 10.0. The maximum absolute atomic E-state index is 12.5. The number of imidazole rings is 1. The minimum absolute atomic E-state index is 0.00595. The summed E-state index contributed by atoms with van der Waals surface area (Å²) in [7, 11) is -3.06. The number of hydrogen-bond donors (Lipinski definition) is 1. The minimum Gasteiger partial charge on any atom is -0.349 e. The number of para-hydroxylation sites is 2. The number of thioether (sulfide) groups is 1. The number of amides is 1. The average Bonchev–Trinajstić information content (AvgIpc) is 3.21. The molecule has 158 valence electrons. The highest BCUT2D eigenvalue weighted by Gasteiger charge is 2.39. The van der Waals surface area contributed by atoms with Gasteiger partial charge in [-0.2, -0.15) is 0 Å². The summed E-state index contributed by atoms with van der Waals surface area (Å²) in [5.74, 6) is 0.170. The van der Waals surface area contributed by atoms with Crippen molar-refractivity contribution in [2.75, 3.05) is 17.3 Å². The van der Waals surface area contributed by atoms with Crippen LogP contribution in [-0.4, -0.2) is 46.7 Å². The Bertz CT molecular complexity index is 1160. The standard InChI is InChI=1S/C22H25N3O3S2/c1-22(12-14-30(27,28)16-22)24-20(26)15-29-21-23-18-9-5-6-10-19(18)25(21)13-11-17-7-3-2-4-8-17/h2-10H,11-16H2,1H3,(H,24,26)/t22-/m0/s1. The van der Waals surface area contributed by atoms with Crippen LogP contribution in [0.5, 0.6) is 0 Å². The molecular weight excluding hydrogens is 418 g/mol. The maximum Gasteiger partial charge on any atom is 0.230 e. The second-order valence-electron chi connectivity index (χ2n) is 8.01. The first-order valence-electron chi connectivity index (χ1n) is 9.97. The molecule has 8 heteroatoms. The molecule has 2 heterocycles. The highest BCUT2D eigenvalue weighted by atomic mass is 32.2. The second kappa shape index (κ2) is 8.43. The van der Waals surface area contributed by atoms with Crippen LogP contribution < -0.4 is 5.32 Å². The number of carbonyl (C=O) groups is 1. The Balaban J connectivity index is 1.46. The number of rotatable bonds is 7. The number of aryl methyl sites for hydroxylation is 2. The van der Waals surface area contributed by atoms with Gasteiger partial charge in [0, 0.05) is 6.54 Å².